The third-order valence-corrected chi connectivity index (χ3v) is 4.54. The monoisotopic (exact) mass is 261 g/mol. The van der Waals surface area contributed by atoms with Crippen LogP contribution in [0.5, 0.6) is 0 Å². The number of sulfone groups is 1. The van der Waals surface area contributed by atoms with Crippen molar-refractivity contribution in [3.63, 3.8) is 0 Å². The second-order valence-electron chi connectivity index (χ2n) is 4.17. The molecule has 0 aliphatic heterocycles. The molecular weight excluding hydrogens is 246 g/mol. The van der Waals surface area contributed by atoms with E-state index < -0.39 is 9.84 Å². The van der Waals surface area contributed by atoms with E-state index in [0.717, 1.165) is 11.1 Å². The number of aryl methyl sites for hydroxylation is 1. The summed E-state index contributed by atoms with van der Waals surface area (Å²) in [5.74, 6) is 0. The second-order valence-corrected chi connectivity index (χ2v) is 6.12. The maximum Gasteiger partial charge on any atom is 0.206 e. The van der Waals surface area contributed by atoms with Gasteiger partial charge in [-0.3, -0.25) is 0 Å². The van der Waals surface area contributed by atoms with Gasteiger partial charge in [0.25, 0.3) is 0 Å². The number of hydrogen-bond donors (Lipinski definition) is 1. The van der Waals surface area contributed by atoms with Crippen molar-refractivity contribution in [2.75, 3.05) is 0 Å². The SMILES string of the molecule is Cc1cccc(S(=O)(=O)c2ccc(CN)cc2)c1. The molecule has 0 radical (unpaired) electrons. The van der Waals surface area contributed by atoms with Crippen LogP contribution >= 0.6 is 0 Å². The van der Waals surface area contributed by atoms with Crippen LogP contribution in [0.2, 0.25) is 0 Å². The van der Waals surface area contributed by atoms with Crippen molar-refractivity contribution in [1.82, 2.24) is 0 Å². The van der Waals surface area contributed by atoms with Crippen LogP contribution in [0, 0.1) is 6.92 Å². The molecule has 4 heteroatoms. The molecule has 0 saturated heterocycles. The fourth-order valence-corrected chi connectivity index (χ4v) is 3.09. The van der Waals surface area contributed by atoms with E-state index in [1.165, 1.54) is 0 Å². The van der Waals surface area contributed by atoms with Crippen molar-refractivity contribution in [3.8, 4) is 0 Å². The van der Waals surface area contributed by atoms with Crippen LogP contribution in [-0.2, 0) is 16.4 Å². The van der Waals surface area contributed by atoms with Gasteiger partial charge in [0.1, 0.15) is 0 Å². The molecule has 3 nitrogen and oxygen atoms in total. The molecule has 0 bridgehead atoms. The van der Waals surface area contributed by atoms with Crippen molar-refractivity contribution < 1.29 is 8.42 Å². The van der Waals surface area contributed by atoms with Crippen molar-refractivity contribution >= 4 is 9.84 Å². The van der Waals surface area contributed by atoms with E-state index in [4.69, 9.17) is 5.73 Å². The van der Waals surface area contributed by atoms with Gasteiger partial charge in [-0.1, -0.05) is 24.3 Å². The highest BCUT2D eigenvalue weighted by molar-refractivity contribution is 7.91. The number of benzene rings is 2. The Bertz CT molecular complexity index is 646. The van der Waals surface area contributed by atoms with E-state index in [0.29, 0.717) is 16.3 Å². The molecule has 18 heavy (non-hydrogen) atoms. The van der Waals surface area contributed by atoms with Gasteiger partial charge in [-0.05, 0) is 42.3 Å². The first-order valence-corrected chi connectivity index (χ1v) is 7.13. The summed E-state index contributed by atoms with van der Waals surface area (Å²) in [7, 11) is -3.43. The van der Waals surface area contributed by atoms with Crippen molar-refractivity contribution in [3.05, 3.63) is 59.7 Å². The lowest BCUT2D eigenvalue weighted by Crippen LogP contribution is -2.03. The van der Waals surface area contributed by atoms with Gasteiger partial charge >= 0.3 is 0 Å². The van der Waals surface area contributed by atoms with Crippen LogP contribution in [0.1, 0.15) is 11.1 Å². The normalized spacial score (nSPS) is 11.4. The molecule has 0 aliphatic rings. The van der Waals surface area contributed by atoms with Crippen molar-refractivity contribution in [2.45, 2.75) is 23.3 Å². The molecule has 2 N–H and O–H groups in total. The topological polar surface area (TPSA) is 60.2 Å². The van der Waals surface area contributed by atoms with Gasteiger partial charge in [-0.2, -0.15) is 0 Å². The van der Waals surface area contributed by atoms with Crippen LogP contribution in [-0.4, -0.2) is 8.42 Å². The van der Waals surface area contributed by atoms with Gasteiger partial charge in [0.2, 0.25) is 9.84 Å². The number of rotatable bonds is 3. The van der Waals surface area contributed by atoms with Crippen LogP contribution in [0.4, 0.5) is 0 Å². The zero-order valence-electron chi connectivity index (χ0n) is 10.1. The summed E-state index contributed by atoms with van der Waals surface area (Å²) < 4.78 is 24.7. The minimum absolute atomic E-state index is 0.297. The third kappa shape index (κ3) is 2.44. The smallest absolute Gasteiger partial charge is 0.206 e. The molecule has 0 aromatic heterocycles. The average molecular weight is 261 g/mol. The zero-order chi connectivity index (χ0) is 13.2. The molecule has 0 atom stereocenters. The summed E-state index contributed by atoms with van der Waals surface area (Å²) in [6.45, 7) is 2.28. The van der Waals surface area contributed by atoms with Crippen molar-refractivity contribution in [1.29, 1.82) is 0 Å². The Labute approximate surface area is 107 Å². The standard InChI is InChI=1S/C14H15NO2S/c1-11-3-2-4-14(9-11)18(16,17)13-7-5-12(10-15)6-8-13/h2-9H,10,15H2,1H3. The molecule has 0 unspecified atom stereocenters. The second kappa shape index (κ2) is 4.92. The summed E-state index contributed by atoms with van der Waals surface area (Å²) in [6, 6.07) is 13.6. The molecular formula is C14H15NO2S. The summed E-state index contributed by atoms with van der Waals surface area (Å²) in [4.78, 5) is 0.619. The minimum Gasteiger partial charge on any atom is -0.326 e. The average Bonchev–Trinajstić information content (AvgIpc) is 2.39. The van der Waals surface area contributed by atoms with E-state index >= 15 is 0 Å². The Balaban J connectivity index is 2.47. The highest BCUT2D eigenvalue weighted by atomic mass is 32.2. The fourth-order valence-electron chi connectivity index (χ4n) is 1.72. The van der Waals surface area contributed by atoms with Gasteiger partial charge in [-0.25, -0.2) is 8.42 Å². The number of nitrogens with two attached hydrogens (primary N) is 1. The van der Waals surface area contributed by atoms with E-state index in [1.807, 2.05) is 13.0 Å². The van der Waals surface area contributed by atoms with Gasteiger partial charge < -0.3 is 5.73 Å². The van der Waals surface area contributed by atoms with E-state index in [9.17, 15) is 8.42 Å². The van der Waals surface area contributed by atoms with Gasteiger partial charge in [-0.15, -0.1) is 0 Å². The lowest BCUT2D eigenvalue weighted by atomic mass is 10.2. The highest BCUT2D eigenvalue weighted by Crippen LogP contribution is 2.21. The Morgan fingerprint density at radius 1 is 1.00 bits per heavy atom. The van der Waals surface area contributed by atoms with Crippen LogP contribution in [0.25, 0.3) is 0 Å². The predicted octanol–water partition coefficient (Wildman–Crippen LogP) is 2.29. The van der Waals surface area contributed by atoms with E-state index in [1.54, 1.807) is 42.5 Å². The lowest BCUT2D eigenvalue weighted by Gasteiger charge is -2.06. The predicted molar refractivity (Wildman–Crippen MR) is 71.0 cm³/mol. The quantitative estimate of drug-likeness (QED) is 0.922. The minimum atomic E-state index is -3.43. The molecule has 0 spiro atoms. The van der Waals surface area contributed by atoms with Gasteiger partial charge in [0, 0.05) is 6.54 Å². The van der Waals surface area contributed by atoms with Crippen molar-refractivity contribution in [2.24, 2.45) is 5.73 Å². The lowest BCUT2D eigenvalue weighted by molar-refractivity contribution is 0.596. The largest absolute Gasteiger partial charge is 0.326 e. The molecule has 0 saturated carbocycles. The first kappa shape index (κ1) is 12.8. The maximum absolute atomic E-state index is 12.4. The van der Waals surface area contributed by atoms with Crippen LogP contribution < -0.4 is 5.73 Å². The molecule has 0 heterocycles. The fraction of sp³-hybridized carbons (Fsp3) is 0.143. The molecule has 2 aromatic rings. The summed E-state index contributed by atoms with van der Waals surface area (Å²) in [5.41, 5.74) is 7.33. The Morgan fingerprint density at radius 3 is 2.22 bits per heavy atom. The van der Waals surface area contributed by atoms with E-state index in [2.05, 4.69) is 0 Å². The summed E-state index contributed by atoms with van der Waals surface area (Å²) in [5, 5.41) is 0. The Morgan fingerprint density at radius 2 is 1.67 bits per heavy atom. The zero-order valence-corrected chi connectivity index (χ0v) is 10.9. The molecule has 0 fully saturated rings. The van der Waals surface area contributed by atoms with E-state index in [-0.39, 0.29) is 0 Å². The first-order valence-electron chi connectivity index (χ1n) is 5.65. The summed E-state index contributed by atoms with van der Waals surface area (Å²) >= 11 is 0. The molecule has 2 rings (SSSR count). The Hall–Kier alpha value is -1.65. The first-order chi connectivity index (χ1) is 8.54. The maximum atomic E-state index is 12.4. The van der Waals surface area contributed by atoms with Crippen LogP contribution in [0.3, 0.4) is 0 Å². The van der Waals surface area contributed by atoms with Crippen LogP contribution in [0.15, 0.2) is 58.3 Å². The summed E-state index contributed by atoms with van der Waals surface area (Å²) in [6.07, 6.45) is 0. The van der Waals surface area contributed by atoms with Gasteiger partial charge in [0.15, 0.2) is 0 Å². The van der Waals surface area contributed by atoms with Gasteiger partial charge in [0.05, 0.1) is 9.79 Å². The number of hydrogen-bond acceptors (Lipinski definition) is 3. The third-order valence-electron chi connectivity index (χ3n) is 2.77. The highest BCUT2D eigenvalue weighted by Gasteiger charge is 2.17. The molecule has 94 valence electrons. The molecule has 2 aromatic carbocycles. The Kier molecular flexibility index (Phi) is 3.50. The molecule has 0 amide bonds. The molecule has 0 aliphatic carbocycles.